The zero-order chi connectivity index (χ0) is 23.2. The highest BCUT2D eigenvalue weighted by atomic mass is 127. The van der Waals surface area contributed by atoms with Crippen LogP contribution in [-0.2, 0) is 19.0 Å². The van der Waals surface area contributed by atoms with E-state index in [1.54, 1.807) is 24.0 Å². The van der Waals surface area contributed by atoms with E-state index in [2.05, 4.69) is 45.1 Å². The molecule has 4 bridgehead atoms. The van der Waals surface area contributed by atoms with Gasteiger partial charge in [-0.25, -0.2) is 4.79 Å². The smallest absolute Gasteiger partial charge is 0.409 e. The molecule has 7 nitrogen and oxygen atoms in total. The molecule has 0 spiro atoms. The largest absolute Gasteiger partial charge is 0.501 e. The lowest BCUT2D eigenvalue weighted by molar-refractivity contribution is -0.117. The molecule has 3 aliphatic rings. The predicted octanol–water partition coefficient (Wildman–Crippen LogP) is 4.16. The van der Waals surface area contributed by atoms with Crippen molar-refractivity contribution in [2.45, 2.75) is 17.3 Å². The Labute approximate surface area is 210 Å². The summed E-state index contributed by atoms with van der Waals surface area (Å²) in [5, 5.41) is 0. The number of allylic oxidation sites excluding steroid dienone is 1. The maximum absolute atomic E-state index is 14.1. The Morgan fingerprint density at radius 1 is 1.34 bits per heavy atom. The Morgan fingerprint density at radius 3 is 2.66 bits per heavy atom. The minimum absolute atomic E-state index is 0.0125. The molecule has 2 fully saturated rings. The molecule has 32 heavy (non-hydrogen) atoms. The van der Waals surface area contributed by atoms with Crippen LogP contribution in [0, 0.1) is 20.8 Å². The van der Waals surface area contributed by atoms with E-state index in [1.165, 1.54) is 7.11 Å². The molecule has 172 valence electrons. The van der Waals surface area contributed by atoms with Gasteiger partial charge < -0.3 is 19.1 Å². The second kappa shape index (κ2) is 8.98. The van der Waals surface area contributed by atoms with Crippen molar-refractivity contribution in [3.63, 3.8) is 0 Å². The second-order valence-corrected chi connectivity index (χ2v) is 10.5. The Hall–Kier alpha value is -1.59. The number of halogens is 2. The highest BCUT2D eigenvalue weighted by molar-refractivity contribution is 14.1. The summed E-state index contributed by atoms with van der Waals surface area (Å²) in [6, 6.07) is 7.44. The van der Waals surface area contributed by atoms with Crippen LogP contribution in [0.3, 0.4) is 0 Å². The average molecular weight is 617 g/mol. The number of carbonyl (C=O) groups excluding carboxylic acids is 2. The summed E-state index contributed by atoms with van der Waals surface area (Å²) in [7, 11) is 4.55. The average Bonchev–Trinajstić information content (AvgIpc) is 3.22. The zero-order valence-electron chi connectivity index (χ0n) is 18.2. The van der Waals surface area contributed by atoms with Crippen molar-refractivity contribution in [1.29, 1.82) is 0 Å². The van der Waals surface area contributed by atoms with E-state index in [0.717, 1.165) is 9.26 Å². The van der Waals surface area contributed by atoms with E-state index in [1.807, 2.05) is 30.3 Å². The summed E-state index contributed by atoms with van der Waals surface area (Å²) >= 11 is 6.06. The third kappa shape index (κ3) is 3.30. The van der Waals surface area contributed by atoms with E-state index in [4.69, 9.17) is 14.2 Å². The summed E-state index contributed by atoms with van der Waals surface area (Å²) in [4.78, 5) is 30.1. The van der Waals surface area contributed by atoms with E-state index >= 15 is 0 Å². The molecular weight excluding hydrogens is 591 g/mol. The molecule has 0 radical (unpaired) electrons. The molecule has 1 saturated carbocycles. The monoisotopic (exact) mass is 616 g/mol. The van der Waals surface area contributed by atoms with Gasteiger partial charge in [-0.3, -0.25) is 9.69 Å². The van der Waals surface area contributed by atoms with E-state index in [-0.39, 0.29) is 35.3 Å². The van der Waals surface area contributed by atoms with Crippen LogP contribution in [0.4, 0.5) is 10.5 Å². The van der Waals surface area contributed by atoms with Crippen LogP contribution in [0.5, 0.6) is 0 Å². The Kier molecular flexibility index (Phi) is 6.61. The fraction of sp³-hybridized carbons (Fsp3) is 0.478. The second-order valence-electron chi connectivity index (χ2n) is 8.28. The molecule has 2 aliphatic carbocycles. The predicted molar refractivity (Wildman–Crippen MR) is 132 cm³/mol. The first-order valence-corrected chi connectivity index (χ1v) is 12.3. The van der Waals surface area contributed by atoms with Crippen LogP contribution >= 0.6 is 38.5 Å². The first-order chi connectivity index (χ1) is 15.4. The number of benzene rings is 1. The van der Waals surface area contributed by atoms with Gasteiger partial charge in [-0.1, -0.05) is 34.1 Å². The molecule has 1 aliphatic heterocycles. The van der Waals surface area contributed by atoms with Gasteiger partial charge in [0.05, 0.1) is 31.5 Å². The van der Waals surface area contributed by atoms with Crippen LogP contribution in [-0.4, -0.2) is 62.4 Å². The molecule has 4 rings (SSSR count). The Morgan fingerprint density at radius 2 is 2.06 bits per heavy atom. The SMILES string of the molecule is C=C[C@]12CN(C(=O)OC)[C@@H]3[C@H](Br)[C@H]1CC(OC)=C(C(=O)N(COC)c1ccccc1I)[C@@H]32. The Bertz CT molecular complexity index is 985. The number of methoxy groups -OCH3 is 3. The van der Waals surface area contributed by atoms with Gasteiger partial charge in [0, 0.05) is 39.8 Å². The summed E-state index contributed by atoms with van der Waals surface area (Å²) < 4.78 is 17.2. The van der Waals surface area contributed by atoms with Crippen LogP contribution in [0.2, 0.25) is 0 Å². The molecule has 0 aromatic heterocycles. The summed E-state index contributed by atoms with van der Waals surface area (Å²) in [6.07, 6.45) is 2.12. The van der Waals surface area contributed by atoms with Crippen molar-refractivity contribution >= 4 is 56.2 Å². The fourth-order valence-electron chi connectivity index (χ4n) is 5.73. The van der Waals surface area contributed by atoms with E-state index in [0.29, 0.717) is 24.3 Å². The first kappa shape index (κ1) is 23.6. The summed E-state index contributed by atoms with van der Waals surface area (Å²) in [5.41, 5.74) is 0.907. The number of para-hydroxylation sites is 1. The number of likely N-dealkylation sites (tertiary alicyclic amines) is 1. The molecular formula is C23H26BrIN2O5. The molecule has 1 heterocycles. The number of anilines is 1. The first-order valence-electron chi connectivity index (χ1n) is 10.3. The van der Waals surface area contributed by atoms with Crippen molar-refractivity contribution in [2.75, 3.05) is 39.5 Å². The minimum Gasteiger partial charge on any atom is -0.501 e. The number of piperidine rings is 1. The molecule has 0 N–H and O–H groups in total. The highest BCUT2D eigenvalue weighted by Crippen LogP contribution is 2.66. The number of hydrogen-bond acceptors (Lipinski definition) is 5. The van der Waals surface area contributed by atoms with Crippen molar-refractivity contribution in [1.82, 2.24) is 4.90 Å². The summed E-state index contributed by atoms with van der Waals surface area (Å²) in [6.45, 7) is 4.69. The van der Waals surface area contributed by atoms with Crippen LogP contribution in [0.1, 0.15) is 6.42 Å². The number of alkyl halides is 1. The number of amides is 2. The highest BCUT2D eigenvalue weighted by Gasteiger charge is 2.71. The maximum Gasteiger partial charge on any atom is 0.409 e. The van der Waals surface area contributed by atoms with Crippen molar-refractivity contribution in [3.05, 3.63) is 51.8 Å². The van der Waals surface area contributed by atoms with E-state index < -0.39 is 11.5 Å². The number of rotatable bonds is 6. The minimum atomic E-state index is -0.442. The number of hydrogen-bond donors (Lipinski definition) is 0. The normalized spacial score (nSPS) is 30.3. The molecule has 1 saturated heterocycles. The fourth-order valence-corrected chi connectivity index (χ4v) is 7.68. The molecule has 1 aromatic carbocycles. The molecule has 0 unspecified atom stereocenters. The number of nitrogens with zero attached hydrogens (tertiary/aromatic N) is 2. The van der Waals surface area contributed by atoms with Gasteiger partial charge in [-0.15, -0.1) is 6.58 Å². The summed E-state index contributed by atoms with van der Waals surface area (Å²) in [5.74, 6) is 0.384. The number of carbonyl (C=O) groups is 2. The third-order valence-electron chi connectivity index (χ3n) is 7.05. The molecule has 9 heteroatoms. The standard InChI is InChI=1S/C23H26BrIN2O5/c1-5-23-11-26(22(29)32-4)20-18(23)17(16(31-3)10-13(23)19(20)24)21(28)27(12-30-2)15-9-7-6-8-14(15)25/h5-9,13,18-20H,1,10-12H2,2-4H3/t13-,18+,19-,20+,23+/m1/s1. The van der Waals surface area contributed by atoms with Crippen LogP contribution in [0.25, 0.3) is 0 Å². The van der Waals surface area contributed by atoms with Gasteiger partial charge in [0.1, 0.15) is 12.5 Å². The molecule has 2 amide bonds. The van der Waals surface area contributed by atoms with Gasteiger partial charge in [0.25, 0.3) is 5.91 Å². The quantitative estimate of drug-likeness (QED) is 0.208. The molecule has 1 aromatic rings. The third-order valence-corrected chi connectivity index (χ3v) is 9.15. The van der Waals surface area contributed by atoms with Gasteiger partial charge in [0.2, 0.25) is 0 Å². The van der Waals surface area contributed by atoms with Gasteiger partial charge >= 0.3 is 6.09 Å². The maximum atomic E-state index is 14.1. The topological polar surface area (TPSA) is 68.3 Å². The Balaban J connectivity index is 1.84. The lowest BCUT2D eigenvalue weighted by atomic mass is 9.65. The van der Waals surface area contributed by atoms with Crippen LogP contribution in [0.15, 0.2) is 48.3 Å². The van der Waals surface area contributed by atoms with Crippen molar-refractivity contribution in [3.8, 4) is 0 Å². The number of ether oxygens (including phenoxy) is 3. The van der Waals surface area contributed by atoms with Gasteiger partial charge in [-0.05, 0) is 40.6 Å². The van der Waals surface area contributed by atoms with Gasteiger partial charge in [-0.2, -0.15) is 0 Å². The van der Waals surface area contributed by atoms with E-state index in [9.17, 15) is 9.59 Å². The van der Waals surface area contributed by atoms with Crippen molar-refractivity contribution in [2.24, 2.45) is 17.3 Å². The lowest BCUT2D eigenvalue weighted by Crippen LogP contribution is -2.49. The van der Waals surface area contributed by atoms with Crippen LogP contribution < -0.4 is 4.90 Å². The molecule has 5 atom stereocenters. The van der Waals surface area contributed by atoms with Crippen molar-refractivity contribution < 1.29 is 23.8 Å². The van der Waals surface area contributed by atoms with Gasteiger partial charge in [0.15, 0.2) is 0 Å². The zero-order valence-corrected chi connectivity index (χ0v) is 22.0. The lowest BCUT2D eigenvalue weighted by Gasteiger charge is -2.42.